The Kier molecular flexibility index (Phi) is 4.27. The van der Waals surface area contributed by atoms with Crippen LogP contribution in [0.25, 0.3) is 10.9 Å². The molecule has 0 fully saturated rings. The SMILES string of the molecule is CCC(C)(CO)CNc1cc(Cl)cc2cccnc12. The molecule has 0 bridgehead atoms. The van der Waals surface area contributed by atoms with E-state index < -0.39 is 0 Å². The fraction of sp³-hybridized carbons (Fsp3) is 0.400. The number of benzene rings is 1. The fourth-order valence-electron chi connectivity index (χ4n) is 1.89. The van der Waals surface area contributed by atoms with Crippen LogP contribution in [-0.2, 0) is 0 Å². The average molecular weight is 279 g/mol. The maximum atomic E-state index is 9.45. The van der Waals surface area contributed by atoms with Gasteiger partial charge in [-0.3, -0.25) is 4.98 Å². The number of rotatable bonds is 5. The Hall–Kier alpha value is -1.32. The summed E-state index contributed by atoms with van der Waals surface area (Å²) in [5.74, 6) is 0. The van der Waals surface area contributed by atoms with Crippen molar-refractivity contribution in [3.8, 4) is 0 Å². The summed E-state index contributed by atoms with van der Waals surface area (Å²) in [4.78, 5) is 4.39. The number of fused-ring (bicyclic) bond motifs is 1. The number of pyridine rings is 1. The number of hydrogen-bond acceptors (Lipinski definition) is 3. The van der Waals surface area contributed by atoms with Crippen LogP contribution in [0.15, 0.2) is 30.5 Å². The lowest BCUT2D eigenvalue weighted by Crippen LogP contribution is -2.29. The number of aromatic nitrogens is 1. The number of aliphatic hydroxyl groups excluding tert-OH is 1. The van der Waals surface area contributed by atoms with Crippen LogP contribution in [0, 0.1) is 5.41 Å². The van der Waals surface area contributed by atoms with Gasteiger partial charge in [0.1, 0.15) is 0 Å². The molecule has 0 saturated heterocycles. The first kappa shape index (κ1) is 14.1. The third-order valence-corrected chi connectivity index (χ3v) is 3.83. The number of aliphatic hydroxyl groups is 1. The van der Waals surface area contributed by atoms with Crippen LogP contribution in [0.2, 0.25) is 5.02 Å². The first-order valence-corrected chi connectivity index (χ1v) is 6.85. The van der Waals surface area contributed by atoms with Crippen molar-refractivity contribution < 1.29 is 5.11 Å². The average Bonchev–Trinajstić information content (AvgIpc) is 2.44. The van der Waals surface area contributed by atoms with Gasteiger partial charge in [-0.25, -0.2) is 0 Å². The smallest absolute Gasteiger partial charge is 0.0934 e. The summed E-state index contributed by atoms with van der Waals surface area (Å²) in [5, 5.41) is 14.5. The molecule has 0 radical (unpaired) electrons. The van der Waals surface area contributed by atoms with Gasteiger partial charge in [0.05, 0.1) is 17.8 Å². The largest absolute Gasteiger partial charge is 0.396 e. The predicted octanol–water partition coefficient (Wildman–Crippen LogP) is 3.71. The number of hydrogen-bond donors (Lipinski definition) is 2. The first-order chi connectivity index (χ1) is 9.08. The number of halogens is 1. The lowest BCUT2D eigenvalue weighted by molar-refractivity contribution is 0.149. The van der Waals surface area contributed by atoms with E-state index >= 15 is 0 Å². The predicted molar refractivity (Wildman–Crippen MR) is 80.7 cm³/mol. The molecule has 3 nitrogen and oxygen atoms in total. The van der Waals surface area contributed by atoms with Crippen molar-refractivity contribution in [3.63, 3.8) is 0 Å². The molecule has 2 rings (SSSR count). The van der Waals surface area contributed by atoms with Gasteiger partial charge in [-0.15, -0.1) is 0 Å². The normalized spacial score (nSPS) is 14.3. The summed E-state index contributed by atoms with van der Waals surface area (Å²) in [6.07, 6.45) is 2.68. The number of anilines is 1. The van der Waals surface area contributed by atoms with E-state index in [1.165, 1.54) is 0 Å². The van der Waals surface area contributed by atoms with Crippen molar-refractivity contribution in [3.05, 3.63) is 35.5 Å². The van der Waals surface area contributed by atoms with Gasteiger partial charge >= 0.3 is 0 Å². The summed E-state index contributed by atoms with van der Waals surface area (Å²) >= 11 is 6.12. The molecule has 1 aromatic carbocycles. The molecule has 2 N–H and O–H groups in total. The highest BCUT2D eigenvalue weighted by molar-refractivity contribution is 6.31. The van der Waals surface area contributed by atoms with E-state index in [2.05, 4.69) is 24.1 Å². The maximum Gasteiger partial charge on any atom is 0.0934 e. The number of nitrogens with one attached hydrogen (secondary N) is 1. The molecule has 0 saturated carbocycles. The Labute approximate surface area is 118 Å². The molecule has 2 aromatic rings. The zero-order valence-electron chi connectivity index (χ0n) is 11.3. The zero-order chi connectivity index (χ0) is 13.9. The molecule has 0 aliphatic rings. The summed E-state index contributed by atoms with van der Waals surface area (Å²) < 4.78 is 0. The summed E-state index contributed by atoms with van der Waals surface area (Å²) in [6.45, 7) is 4.97. The lowest BCUT2D eigenvalue weighted by Gasteiger charge is -2.26. The molecule has 1 unspecified atom stereocenters. The molecular weight excluding hydrogens is 260 g/mol. The van der Waals surface area contributed by atoms with Gasteiger partial charge in [-0.1, -0.05) is 31.5 Å². The second-order valence-electron chi connectivity index (χ2n) is 5.20. The quantitative estimate of drug-likeness (QED) is 0.876. The van der Waals surface area contributed by atoms with Gasteiger partial charge in [0, 0.05) is 28.6 Å². The van der Waals surface area contributed by atoms with Crippen molar-refractivity contribution in [2.45, 2.75) is 20.3 Å². The van der Waals surface area contributed by atoms with E-state index in [-0.39, 0.29) is 12.0 Å². The topological polar surface area (TPSA) is 45.1 Å². The monoisotopic (exact) mass is 278 g/mol. The molecule has 1 atom stereocenters. The Balaban J connectivity index is 2.30. The van der Waals surface area contributed by atoms with Crippen LogP contribution in [-0.4, -0.2) is 23.2 Å². The van der Waals surface area contributed by atoms with Crippen LogP contribution in [0.1, 0.15) is 20.3 Å². The minimum Gasteiger partial charge on any atom is -0.396 e. The third kappa shape index (κ3) is 3.17. The standard InChI is InChI=1S/C15H19ClN2O/c1-3-15(2,10-19)9-18-13-8-12(16)7-11-5-4-6-17-14(11)13/h4-8,18-19H,3,9-10H2,1-2H3. The minimum atomic E-state index is -0.135. The Morgan fingerprint density at radius 1 is 1.42 bits per heavy atom. The van der Waals surface area contributed by atoms with Crippen LogP contribution in [0.3, 0.4) is 0 Å². The van der Waals surface area contributed by atoms with Crippen molar-refractivity contribution in [2.24, 2.45) is 5.41 Å². The van der Waals surface area contributed by atoms with Crippen LogP contribution in [0.4, 0.5) is 5.69 Å². The highest BCUT2D eigenvalue weighted by Gasteiger charge is 2.21. The van der Waals surface area contributed by atoms with E-state index in [1.807, 2.05) is 24.3 Å². The van der Waals surface area contributed by atoms with E-state index in [9.17, 15) is 5.11 Å². The summed E-state index contributed by atoms with van der Waals surface area (Å²) in [7, 11) is 0. The van der Waals surface area contributed by atoms with Gasteiger partial charge < -0.3 is 10.4 Å². The van der Waals surface area contributed by atoms with Crippen molar-refractivity contribution in [2.75, 3.05) is 18.5 Å². The van der Waals surface area contributed by atoms with Gasteiger partial charge in [-0.2, -0.15) is 0 Å². The van der Waals surface area contributed by atoms with Gasteiger partial charge in [0.25, 0.3) is 0 Å². The van der Waals surface area contributed by atoms with Crippen LogP contribution in [0.5, 0.6) is 0 Å². The maximum absolute atomic E-state index is 9.45. The highest BCUT2D eigenvalue weighted by atomic mass is 35.5. The van der Waals surface area contributed by atoms with Crippen molar-refractivity contribution in [1.29, 1.82) is 0 Å². The molecule has 0 aliphatic heterocycles. The zero-order valence-corrected chi connectivity index (χ0v) is 12.0. The Morgan fingerprint density at radius 2 is 2.21 bits per heavy atom. The molecule has 102 valence electrons. The molecule has 0 spiro atoms. The summed E-state index contributed by atoms with van der Waals surface area (Å²) in [6, 6.07) is 7.67. The summed E-state index contributed by atoms with van der Waals surface area (Å²) in [5.41, 5.74) is 1.68. The Morgan fingerprint density at radius 3 is 2.89 bits per heavy atom. The van der Waals surface area contributed by atoms with Crippen LogP contribution < -0.4 is 5.32 Å². The molecule has 1 aromatic heterocycles. The molecular formula is C15H19ClN2O. The van der Waals surface area contributed by atoms with Crippen molar-refractivity contribution >= 4 is 28.2 Å². The fourth-order valence-corrected chi connectivity index (χ4v) is 2.12. The molecule has 19 heavy (non-hydrogen) atoms. The highest BCUT2D eigenvalue weighted by Crippen LogP contribution is 2.28. The van der Waals surface area contributed by atoms with E-state index in [0.29, 0.717) is 11.6 Å². The van der Waals surface area contributed by atoms with E-state index in [0.717, 1.165) is 23.0 Å². The second-order valence-corrected chi connectivity index (χ2v) is 5.64. The van der Waals surface area contributed by atoms with Crippen LogP contribution >= 0.6 is 11.6 Å². The second kappa shape index (κ2) is 5.76. The van der Waals surface area contributed by atoms with Gasteiger partial charge in [0.15, 0.2) is 0 Å². The number of nitrogens with zero attached hydrogens (tertiary/aromatic N) is 1. The van der Waals surface area contributed by atoms with Crippen molar-refractivity contribution in [1.82, 2.24) is 4.98 Å². The molecule has 4 heteroatoms. The van der Waals surface area contributed by atoms with E-state index in [4.69, 9.17) is 11.6 Å². The first-order valence-electron chi connectivity index (χ1n) is 6.47. The van der Waals surface area contributed by atoms with E-state index in [1.54, 1.807) is 6.20 Å². The van der Waals surface area contributed by atoms with Gasteiger partial charge in [0.2, 0.25) is 0 Å². The molecule has 0 aliphatic carbocycles. The lowest BCUT2D eigenvalue weighted by atomic mass is 9.88. The van der Waals surface area contributed by atoms with Gasteiger partial charge in [-0.05, 0) is 24.6 Å². The minimum absolute atomic E-state index is 0.135. The molecule has 1 heterocycles. The Bertz CT molecular complexity index is 567. The molecule has 0 amide bonds. The third-order valence-electron chi connectivity index (χ3n) is 3.61.